The molecule has 0 aromatic heterocycles. The van der Waals surface area contributed by atoms with Gasteiger partial charge in [0.15, 0.2) is 11.5 Å². The van der Waals surface area contributed by atoms with Gasteiger partial charge in [-0.25, -0.2) is 0 Å². The second kappa shape index (κ2) is 7.53. The minimum atomic E-state index is 0.135. The summed E-state index contributed by atoms with van der Waals surface area (Å²) in [5.74, 6) is 0.615. The number of ether oxygens (including phenoxy) is 2. The molecule has 0 aliphatic heterocycles. The maximum atomic E-state index is 9.65. The molecule has 0 amide bonds. The topological polar surface area (TPSA) is 50.7 Å². The molecule has 0 atom stereocenters. The van der Waals surface area contributed by atoms with E-state index in [1.807, 2.05) is 12.1 Å². The van der Waals surface area contributed by atoms with Crippen LogP contribution in [0.4, 0.5) is 0 Å². The zero-order chi connectivity index (χ0) is 12.7. The second-order valence-corrected chi connectivity index (χ2v) is 4.51. The van der Waals surface area contributed by atoms with Gasteiger partial charge >= 0.3 is 0 Å². The van der Waals surface area contributed by atoms with Crippen LogP contribution >= 0.6 is 15.9 Å². The first kappa shape index (κ1) is 14.3. The molecule has 0 unspecified atom stereocenters. The zero-order valence-electron chi connectivity index (χ0n) is 10.1. The van der Waals surface area contributed by atoms with Crippen LogP contribution in [0.25, 0.3) is 0 Å². The highest BCUT2D eigenvalue weighted by Crippen LogP contribution is 2.35. The van der Waals surface area contributed by atoms with Crippen molar-refractivity contribution in [1.29, 1.82) is 0 Å². The Kier molecular flexibility index (Phi) is 6.32. The number of rotatable bonds is 7. The van der Waals surface area contributed by atoms with Crippen molar-refractivity contribution in [3.8, 4) is 11.5 Å². The normalized spacial score (nSPS) is 10.5. The molecule has 0 fully saturated rings. The highest BCUT2D eigenvalue weighted by molar-refractivity contribution is 9.10. The third-order valence-corrected chi connectivity index (χ3v) is 2.94. The minimum Gasteiger partial charge on any atom is -0.503 e. The minimum absolute atomic E-state index is 0.135. The van der Waals surface area contributed by atoms with Crippen molar-refractivity contribution in [3.63, 3.8) is 0 Å². The number of hydrogen-bond acceptors (Lipinski definition) is 4. The van der Waals surface area contributed by atoms with Crippen LogP contribution in [0.1, 0.15) is 12.0 Å². The average molecular weight is 304 g/mol. The molecular weight excluding hydrogens is 286 g/mol. The standard InChI is InChI=1S/C12H18BrNO3/c1-16-5-3-4-14-8-9-6-10(13)12(15)11(7-9)17-2/h6-7,14-15H,3-5,8H2,1-2H3. The molecule has 0 aliphatic rings. The Morgan fingerprint density at radius 2 is 2.12 bits per heavy atom. The Morgan fingerprint density at radius 1 is 1.35 bits per heavy atom. The Hall–Kier alpha value is -0.780. The predicted molar refractivity (Wildman–Crippen MR) is 70.6 cm³/mol. The molecule has 1 rings (SSSR count). The van der Waals surface area contributed by atoms with E-state index < -0.39 is 0 Å². The van der Waals surface area contributed by atoms with Crippen molar-refractivity contribution in [2.75, 3.05) is 27.4 Å². The van der Waals surface area contributed by atoms with Crippen LogP contribution in [0, 0.1) is 0 Å². The molecule has 5 heteroatoms. The lowest BCUT2D eigenvalue weighted by molar-refractivity contribution is 0.194. The summed E-state index contributed by atoms with van der Waals surface area (Å²) in [6.45, 7) is 2.39. The van der Waals surface area contributed by atoms with Crippen LogP contribution in [-0.2, 0) is 11.3 Å². The van der Waals surface area contributed by atoms with Gasteiger partial charge in [0.25, 0.3) is 0 Å². The number of phenols is 1. The summed E-state index contributed by atoms with van der Waals surface area (Å²) in [6, 6.07) is 3.70. The molecule has 4 nitrogen and oxygen atoms in total. The maximum Gasteiger partial charge on any atom is 0.172 e. The van der Waals surface area contributed by atoms with Gasteiger partial charge in [-0.05, 0) is 46.6 Å². The van der Waals surface area contributed by atoms with E-state index in [9.17, 15) is 5.11 Å². The van der Waals surface area contributed by atoms with Crippen LogP contribution in [0.5, 0.6) is 11.5 Å². The van der Waals surface area contributed by atoms with E-state index in [2.05, 4.69) is 21.2 Å². The number of halogens is 1. The Morgan fingerprint density at radius 3 is 2.76 bits per heavy atom. The van der Waals surface area contributed by atoms with Gasteiger partial charge in [-0.2, -0.15) is 0 Å². The number of aromatic hydroxyl groups is 1. The summed E-state index contributed by atoms with van der Waals surface area (Å²) in [6.07, 6.45) is 0.979. The molecule has 0 saturated carbocycles. The summed E-state index contributed by atoms with van der Waals surface area (Å²) in [5, 5.41) is 13.0. The fourth-order valence-corrected chi connectivity index (χ4v) is 1.95. The van der Waals surface area contributed by atoms with Crippen LogP contribution in [0.2, 0.25) is 0 Å². The molecule has 1 aromatic carbocycles. The van der Waals surface area contributed by atoms with Crippen molar-refractivity contribution in [2.45, 2.75) is 13.0 Å². The largest absolute Gasteiger partial charge is 0.503 e. The van der Waals surface area contributed by atoms with Gasteiger partial charge in [-0.1, -0.05) is 0 Å². The average Bonchev–Trinajstić information content (AvgIpc) is 2.33. The number of phenolic OH excluding ortho intramolecular Hbond substituents is 1. The number of hydrogen-bond donors (Lipinski definition) is 2. The number of methoxy groups -OCH3 is 2. The molecule has 17 heavy (non-hydrogen) atoms. The van der Waals surface area contributed by atoms with Gasteiger partial charge < -0.3 is 19.9 Å². The first-order valence-electron chi connectivity index (χ1n) is 5.44. The van der Waals surface area contributed by atoms with Crippen LogP contribution in [0.3, 0.4) is 0 Å². The van der Waals surface area contributed by atoms with E-state index in [-0.39, 0.29) is 5.75 Å². The summed E-state index contributed by atoms with van der Waals surface area (Å²) in [7, 11) is 3.24. The number of nitrogens with one attached hydrogen (secondary N) is 1. The lowest BCUT2D eigenvalue weighted by Crippen LogP contribution is -2.16. The van der Waals surface area contributed by atoms with Gasteiger partial charge in [-0.3, -0.25) is 0 Å². The fraction of sp³-hybridized carbons (Fsp3) is 0.500. The van der Waals surface area contributed by atoms with E-state index in [0.717, 1.165) is 31.7 Å². The van der Waals surface area contributed by atoms with E-state index in [1.165, 1.54) is 7.11 Å². The summed E-state index contributed by atoms with van der Waals surface area (Å²) >= 11 is 3.29. The SMILES string of the molecule is COCCCNCc1cc(Br)c(O)c(OC)c1. The van der Waals surface area contributed by atoms with Gasteiger partial charge in [-0.15, -0.1) is 0 Å². The van der Waals surface area contributed by atoms with Gasteiger partial charge in [0.1, 0.15) is 0 Å². The summed E-state index contributed by atoms with van der Waals surface area (Å²) in [4.78, 5) is 0. The highest BCUT2D eigenvalue weighted by atomic mass is 79.9. The quantitative estimate of drug-likeness (QED) is 0.759. The molecular formula is C12H18BrNO3. The maximum absolute atomic E-state index is 9.65. The zero-order valence-corrected chi connectivity index (χ0v) is 11.7. The fourth-order valence-electron chi connectivity index (χ4n) is 1.46. The van der Waals surface area contributed by atoms with Gasteiger partial charge in [0, 0.05) is 20.3 Å². The molecule has 0 spiro atoms. The number of benzene rings is 1. The first-order chi connectivity index (χ1) is 8.19. The summed E-state index contributed by atoms with van der Waals surface area (Å²) < 4.78 is 10.7. The first-order valence-corrected chi connectivity index (χ1v) is 6.23. The second-order valence-electron chi connectivity index (χ2n) is 3.65. The van der Waals surface area contributed by atoms with Crippen molar-refractivity contribution < 1.29 is 14.6 Å². The third kappa shape index (κ3) is 4.53. The monoisotopic (exact) mass is 303 g/mol. The lowest BCUT2D eigenvalue weighted by atomic mass is 10.2. The molecule has 0 heterocycles. The van der Waals surface area contributed by atoms with E-state index in [4.69, 9.17) is 9.47 Å². The van der Waals surface area contributed by atoms with E-state index in [0.29, 0.717) is 10.2 Å². The Labute approximate surface area is 110 Å². The molecule has 1 aromatic rings. The molecule has 0 saturated heterocycles. The van der Waals surface area contributed by atoms with Gasteiger partial charge in [0.2, 0.25) is 0 Å². The van der Waals surface area contributed by atoms with E-state index in [1.54, 1.807) is 7.11 Å². The highest BCUT2D eigenvalue weighted by Gasteiger charge is 2.07. The van der Waals surface area contributed by atoms with Crippen LogP contribution in [-0.4, -0.2) is 32.5 Å². The third-order valence-electron chi connectivity index (χ3n) is 2.34. The molecule has 0 bridgehead atoms. The summed E-state index contributed by atoms with van der Waals surface area (Å²) in [5.41, 5.74) is 1.06. The molecule has 96 valence electrons. The van der Waals surface area contributed by atoms with Crippen LogP contribution in [0.15, 0.2) is 16.6 Å². The molecule has 0 radical (unpaired) electrons. The van der Waals surface area contributed by atoms with Crippen LogP contribution < -0.4 is 10.1 Å². The van der Waals surface area contributed by atoms with E-state index >= 15 is 0 Å². The van der Waals surface area contributed by atoms with Gasteiger partial charge in [0.05, 0.1) is 11.6 Å². The lowest BCUT2D eigenvalue weighted by Gasteiger charge is -2.09. The smallest absolute Gasteiger partial charge is 0.172 e. The Bertz CT molecular complexity index is 358. The van der Waals surface area contributed by atoms with Crippen molar-refractivity contribution >= 4 is 15.9 Å². The van der Waals surface area contributed by atoms with Crippen molar-refractivity contribution in [3.05, 3.63) is 22.2 Å². The molecule has 2 N–H and O–H groups in total. The van der Waals surface area contributed by atoms with Crippen molar-refractivity contribution in [1.82, 2.24) is 5.32 Å². The molecule has 0 aliphatic carbocycles. The predicted octanol–water partition coefficient (Wildman–Crippen LogP) is 2.29. The van der Waals surface area contributed by atoms with Crippen molar-refractivity contribution in [2.24, 2.45) is 0 Å². The Balaban J connectivity index is 2.51.